The molecule has 0 saturated heterocycles. The van der Waals surface area contributed by atoms with Gasteiger partial charge in [-0.25, -0.2) is 13.4 Å². The summed E-state index contributed by atoms with van der Waals surface area (Å²) in [6, 6.07) is 10.8. The number of hydrogen-bond acceptors (Lipinski definition) is 6. The fourth-order valence-electron chi connectivity index (χ4n) is 3.90. The summed E-state index contributed by atoms with van der Waals surface area (Å²) in [5, 5.41) is 5.20. The van der Waals surface area contributed by atoms with Gasteiger partial charge in [0.2, 0.25) is 10.0 Å². The molecule has 1 amide bonds. The molecule has 1 aliphatic heterocycles. The van der Waals surface area contributed by atoms with Gasteiger partial charge in [-0.05, 0) is 56.2 Å². The van der Waals surface area contributed by atoms with Crippen LogP contribution in [0.4, 0.5) is 10.8 Å². The maximum Gasteiger partial charge on any atom is 0.257 e. The number of nitrogens with zero attached hydrogens (tertiary/aromatic N) is 2. The molecule has 0 fully saturated rings. The zero-order chi connectivity index (χ0) is 22.3. The van der Waals surface area contributed by atoms with Gasteiger partial charge in [0.1, 0.15) is 5.75 Å². The number of thiazole rings is 1. The van der Waals surface area contributed by atoms with Crippen LogP contribution < -0.4 is 14.4 Å². The van der Waals surface area contributed by atoms with Gasteiger partial charge in [-0.1, -0.05) is 11.6 Å². The first-order valence-corrected chi connectivity index (χ1v) is 12.4. The van der Waals surface area contributed by atoms with Crippen LogP contribution in [0.2, 0.25) is 0 Å². The third-order valence-corrected chi connectivity index (χ3v) is 7.24. The van der Waals surface area contributed by atoms with Crippen molar-refractivity contribution >= 4 is 38.1 Å². The van der Waals surface area contributed by atoms with E-state index in [1.54, 1.807) is 25.3 Å². The second-order valence-corrected chi connectivity index (χ2v) is 10.4. The van der Waals surface area contributed by atoms with Gasteiger partial charge in [0.15, 0.2) is 5.13 Å². The molecular weight excluding hydrogens is 434 g/mol. The van der Waals surface area contributed by atoms with Crippen molar-refractivity contribution in [1.29, 1.82) is 0 Å². The predicted molar refractivity (Wildman–Crippen MR) is 124 cm³/mol. The number of amides is 1. The number of benzene rings is 2. The van der Waals surface area contributed by atoms with E-state index in [1.807, 2.05) is 37.4 Å². The van der Waals surface area contributed by atoms with E-state index >= 15 is 0 Å². The SMILES string of the molecule is COc1ccc(C)cc1-c1csc(NC(=O)c2ccc3c(c2)C[C@@H](C)N3S(C)(=O)=O)n1. The number of sulfonamides is 1. The molecule has 1 N–H and O–H groups in total. The van der Waals surface area contributed by atoms with Crippen LogP contribution >= 0.6 is 11.3 Å². The van der Waals surface area contributed by atoms with Gasteiger partial charge in [0, 0.05) is 22.5 Å². The number of rotatable bonds is 5. The molecule has 0 unspecified atom stereocenters. The largest absolute Gasteiger partial charge is 0.496 e. The van der Waals surface area contributed by atoms with Crippen LogP contribution in [0.25, 0.3) is 11.3 Å². The van der Waals surface area contributed by atoms with Crippen molar-refractivity contribution in [2.45, 2.75) is 26.3 Å². The molecule has 0 saturated carbocycles. The highest BCUT2D eigenvalue weighted by molar-refractivity contribution is 7.92. The summed E-state index contributed by atoms with van der Waals surface area (Å²) in [6.45, 7) is 3.86. The minimum absolute atomic E-state index is 0.172. The zero-order valence-corrected chi connectivity index (χ0v) is 19.3. The second kappa shape index (κ2) is 7.97. The maximum absolute atomic E-state index is 12.8. The normalized spacial score (nSPS) is 15.6. The predicted octanol–water partition coefficient (Wildman–Crippen LogP) is 4.09. The topological polar surface area (TPSA) is 88.6 Å². The van der Waals surface area contributed by atoms with Crippen molar-refractivity contribution in [1.82, 2.24) is 4.98 Å². The molecule has 2 heterocycles. The number of aromatic nitrogens is 1. The molecule has 7 nitrogen and oxygen atoms in total. The number of hydrogen-bond donors (Lipinski definition) is 1. The van der Waals surface area contributed by atoms with Gasteiger partial charge < -0.3 is 4.74 Å². The molecule has 1 aromatic heterocycles. The molecule has 0 radical (unpaired) electrons. The van der Waals surface area contributed by atoms with Gasteiger partial charge in [-0.15, -0.1) is 11.3 Å². The minimum atomic E-state index is -3.37. The Bertz CT molecular complexity index is 1270. The summed E-state index contributed by atoms with van der Waals surface area (Å²) in [4.78, 5) is 17.3. The molecule has 0 bridgehead atoms. The lowest BCUT2D eigenvalue weighted by molar-refractivity contribution is 0.102. The van der Waals surface area contributed by atoms with E-state index in [0.29, 0.717) is 22.8 Å². The molecule has 31 heavy (non-hydrogen) atoms. The highest BCUT2D eigenvalue weighted by Gasteiger charge is 2.32. The zero-order valence-electron chi connectivity index (χ0n) is 17.7. The summed E-state index contributed by atoms with van der Waals surface area (Å²) in [7, 11) is -1.75. The van der Waals surface area contributed by atoms with Crippen LogP contribution in [0.5, 0.6) is 5.75 Å². The Kier molecular flexibility index (Phi) is 5.49. The number of carbonyl (C=O) groups excluding carboxylic acids is 1. The molecule has 162 valence electrons. The number of aryl methyl sites for hydroxylation is 1. The van der Waals surface area contributed by atoms with Crippen LogP contribution in [0.3, 0.4) is 0 Å². The van der Waals surface area contributed by atoms with E-state index < -0.39 is 10.0 Å². The van der Waals surface area contributed by atoms with E-state index in [0.717, 1.165) is 28.1 Å². The lowest BCUT2D eigenvalue weighted by Crippen LogP contribution is -2.34. The molecule has 1 aliphatic rings. The summed E-state index contributed by atoms with van der Waals surface area (Å²) < 4.78 is 31.0. The van der Waals surface area contributed by atoms with Crippen LogP contribution in [0.1, 0.15) is 28.4 Å². The highest BCUT2D eigenvalue weighted by atomic mass is 32.2. The first-order chi connectivity index (χ1) is 14.7. The van der Waals surface area contributed by atoms with Crippen molar-refractivity contribution in [3.63, 3.8) is 0 Å². The standard InChI is InChI=1S/C22H23N3O4S2/c1-13-5-8-20(29-3)17(9-13)18-12-30-22(23-18)24-21(26)15-6-7-19-16(11-15)10-14(2)25(19)31(4,27)28/h5-9,11-12,14H,10H2,1-4H3,(H,23,24,26)/t14-/m1/s1. The smallest absolute Gasteiger partial charge is 0.257 e. The van der Waals surface area contributed by atoms with Gasteiger partial charge in [-0.2, -0.15) is 0 Å². The van der Waals surface area contributed by atoms with Gasteiger partial charge >= 0.3 is 0 Å². The van der Waals surface area contributed by atoms with Crippen molar-refractivity contribution in [2.24, 2.45) is 0 Å². The van der Waals surface area contributed by atoms with Crippen LogP contribution in [0.15, 0.2) is 41.8 Å². The number of anilines is 2. The van der Waals surface area contributed by atoms with Crippen LogP contribution in [-0.4, -0.2) is 38.7 Å². The average molecular weight is 458 g/mol. The van der Waals surface area contributed by atoms with Gasteiger partial charge in [0.05, 0.1) is 24.7 Å². The lowest BCUT2D eigenvalue weighted by atomic mass is 10.1. The Morgan fingerprint density at radius 3 is 2.74 bits per heavy atom. The van der Waals surface area contributed by atoms with Crippen molar-refractivity contribution < 1.29 is 17.9 Å². The Labute approximate surface area is 185 Å². The Morgan fingerprint density at radius 1 is 1.26 bits per heavy atom. The Hall–Kier alpha value is -2.91. The molecule has 0 aliphatic carbocycles. The summed E-state index contributed by atoms with van der Waals surface area (Å²) in [5.41, 5.74) is 4.62. The van der Waals surface area contributed by atoms with Crippen LogP contribution in [-0.2, 0) is 16.4 Å². The van der Waals surface area contributed by atoms with Crippen molar-refractivity contribution in [3.05, 3.63) is 58.5 Å². The third kappa shape index (κ3) is 4.15. The molecule has 0 spiro atoms. The molecule has 9 heteroatoms. The summed E-state index contributed by atoms with van der Waals surface area (Å²) in [6.07, 6.45) is 1.76. The monoisotopic (exact) mass is 457 g/mol. The number of fused-ring (bicyclic) bond motifs is 1. The summed E-state index contributed by atoms with van der Waals surface area (Å²) >= 11 is 1.34. The van der Waals surface area contributed by atoms with E-state index in [4.69, 9.17) is 4.74 Å². The molecular formula is C22H23N3O4S2. The van der Waals surface area contributed by atoms with E-state index in [9.17, 15) is 13.2 Å². The van der Waals surface area contributed by atoms with Gasteiger partial charge in [-0.3, -0.25) is 14.4 Å². The number of nitrogens with one attached hydrogen (secondary N) is 1. The first kappa shape index (κ1) is 21.3. The van der Waals surface area contributed by atoms with E-state index in [-0.39, 0.29) is 11.9 Å². The molecule has 2 aromatic carbocycles. The van der Waals surface area contributed by atoms with Gasteiger partial charge in [0.25, 0.3) is 5.91 Å². The van der Waals surface area contributed by atoms with E-state index in [1.165, 1.54) is 21.9 Å². The minimum Gasteiger partial charge on any atom is -0.496 e. The number of ether oxygens (including phenoxy) is 1. The highest BCUT2D eigenvalue weighted by Crippen LogP contribution is 2.36. The first-order valence-electron chi connectivity index (χ1n) is 9.71. The molecule has 3 aromatic rings. The van der Waals surface area contributed by atoms with Crippen LogP contribution in [0, 0.1) is 6.92 Å². The third-order valence-electron chi connectivity index (χ3n) is 5.21. The number of methoxy groups -OCH3 is 1. The van der Waals surface area contributed by atoms with E-state index in [2.05, 4.69) is 10.3 Å². The fraction of sp³-hybridized carbons (Fsp3) is 0.273. The lowest BCUT2D eigenvalue weighted by Gasteiger charge is -2.21. The fourth-order valence-corrected chi connectivity index (χ4v) is 5.86. The summed E-state index contributed by atoms with van der Waals surface area (Å²) in [5.74, 6) is 0.433. The van der Waals surface area contributed by atoms with Crippen molar-refractivity contribution in [3.8, 4) is 17.0 Å². The van der Waals surface area contributed by atoms with Crippen molar-refractivity contribution in [2.75, 3.05) is 23.0 Å². The quantitative estimate of drug-likeness (QED) is 0.623. The number of carbonyl (C=O) groups is 1. The maximum atomic E-state index is 12.8. The second-order valence-electron chi connectivity index (χ2n) is 7.65. The molecule has 1 atom stereocenters. The Balaban J connectivity index is 1.56. The Morgan fingerprint density at radius 2 is 2.03 bits per heavy atom. The molecule has 4 rings (SSSR count). The average Bonchev–Trinajstić information content (AvgIpc) is 3.30.